The quantitative estimate of drug-likeness (QED) is 0.474. The van der Waals surface area contributed by atoms with Crippen LogP contribution in [-0.2, 0) is 9.59 Å². The monoisotopic (exact) mass is 342 g/mol. The molecule has 25 heavy (non-hydrogen) atoms. The number of hydrogen-bond acceptors (Lipinski definition) is 6. The number of hydrogen-bond donors (Lipinski definition) is 0. The summed E-state index contributed by atoms with van der Waals surface area (Å²) in [7, 11) is 0. The van der Waals surface area contributed by atoms with Crippen LogP contribution in [-0.4, -0.2) is 28.3 Å². The van der Waals surface area contributed by atoms with Gasteiger partial charge in [-0.3, -0.25) is 39.6 Å². The third-order valence-electron chi connectivity index (χ3n) is 3.70. The first-order valence-corrected chi connectivity index (χ1v) is 7.01. The maximum Gasteiger partial charge on any atom is 0.318 e. The predicted octanol–water partition coefficient (Wildman–Crippen LogP) is 1.84. The van der Waals surface area contributed by atoms with Gasteiger partial charge in [-0.05, 0) is 24.3 Å². The molecule has 0 radical (unpaired) electrons. The van der Waals surface area contributed by atoms with Crippen molar-refractivity contribution in [2.24, 2.45) is 0 Å². The number of carbonyl (C=O) groups excluding carboxylic acids is 2. The Kier molecular flexibility index (Phi) is 3.85. The van der Waals surface area contributed by atoms with Crippen LogP contribution in [0.2, 0.25) is 0 Å². The van der Waals surface area contributed by atoms with E-state index in [0.29, 0.717) is 11.4 Å². The minimum atomic E-state index is -0.785. The average Bonchev–Trinajstić information content (AvgIpc) is 2.90. The molecular weight excluding hydrogens is 332 g/mol. The molecule has 1 aliphatic heterocycles. The molecule has 0 aliphatic carbocycles. The fraction of sp³-hybridized carbons (Fsp3) is 0.0667. The molecular formula is C15H10N4O6. The van der Waals surface area contributed by atoms with E-state index in [4.69, 9.17) is 0 Å². The summed E-state index contributed by atoms with van der Waals surface area (Å²) in [6.45, 7) is -0.0900. The predicted molar refractivity (Wildman–Crippen MR) is 86.0 cm³/mol. The molecule has 10 heteroatoms. The number of nitro benzene ring substituents is 2. The third-order valence-corrected chi connectivity index (χ3v) is 3.70. The fourth-order valence-corrected chi connectivity index (χ4v) is 2.41. The topological polar surface area (TPSA) is 127 Å². The Balaban J connectivity index is 1.85. The molecule has 0 saturated carbocycles. The van der Waals surface area contributed by atoms with E-state index >= 15 is 0 Å². The number of non-ortho nitro benzene ring substituents is 2. The van der Waals surface area contributed by atoms with Gasteiger partial charge in [0, 0.05) is 35.6 Å². The molecule has 0 spiro atoms. The highest BCUT2D eigenvalue weighted by Crippen LogP contribution is 2.27. The van der Waals surface area contributed by atoms with Crippen molar-refractivity contribution >= 4 is 34.6 Å². The summed E-state index contributed by atoms with van der Waals surface area (Å²) in [4.78, 5) is 46.9. The molecule has 1 aliphatic rings. The van der Waals surface area contributed by atoms with E-state index in [1.165, 1.54) is 58.3 Å². The Hall–Kier alpha value is -3.82. The van der Waals surface area contributed by atoms with Crippen LogP contribution in [0.4, 0.5) is 22.7 Å². The van der Waals surface area contributed by atoms with E-state index in [-0.39, 0.29) is 18.0 Å². The largest absolute Gasteiger partial charge is 0.318 e. The second-order valence-electron chi connectivity index (χ2n) is 5.15. The van der Waals surface area contributed by atoms with Crippen molar-refractivity contribution in [2.45, 2.75) is 0 Å². The molecule has 0 unspecified atom stereocenters. The normalized spacial score (nSPS) is 14.1. The second kappa shape index (κ2) is 6.00. The van der Waals surface area contributed by atoms with Gasteiger partial charge in [0.05, 0.1) is 9.85 Å². The van der Waals surface area contributed by atoms with E-state index in [0.717, 1.165) is 0 Å². The summed E-state index contributed by atoms with van der Waals surface area (Å²) >= 11 is 0. The molecule has 126 valence electrons. The standard InChI is InChI=1S/C15H10N4O6/c20-14-15(21)17(11-3-7-13(8-4-11)19(24)25)9-16(14)10-1-5-12(6-2-10)18(22)23/h1-8H,9H2. The van der Waals surface area contributed by atoms with Crippen molar-refractivity contribution in [3.05, 3.63) is 68.8 Å². The van der Waals surface area contributed by atoms with Crippen molar-refractivity contribution in [1.82, 2.24) is 0 Å². The molecule has 0 N–H and O–H groups in total. The van der Waals surface area contributed by atoms with Crippen LogP contribution in [0.25, 0.3) is 0 Å². The molecule has 0 aromatic heterocycles. The summed E-state index contributed by atoms with van der Waals surface area (Å²) in [5.41, 5.74) is 0.421. The first-order valence-electron chi connectivity index (χ1n) is 7.01. The molecule has 3 rings (SSSR count). The van der Waals surface area contributed by atoms with Crippen molar-refractivity contribution in [2.75, 3.05) is 16.5 Å². The minimum absolute atomic E-state index is 0.0900. The number of carbonyl (C=O) groups is 2. The number of amides is 2. The van der Waals surface area contributed by atoms with E-state index in [1.807, 2.05) is 0 Å². The van der Waals surface area contributed by atoms with Crippen molar-refractivity contribution in [3.8, 4) is 0 Å². The van der Waals surface area contributed by atoms with Crippen molar-refractivity contribution in [3.63, 3.8) is 0 Å². The Labute approximate surface area is 140 Å². The Morgan fingerprint density at radius 1 is 0.680 bits per heavy atom. The molecule has 1 fully saturated rings. The zero-order chi connectivity index (χ0) is 18.1. The number of anilines is 2. The van der Waals surface area contributed by atoms with E-state index < -0.39 is 21.7 Å². The van der Waals surface area contributed by atoms with Crippen LogP contribution >= 0.6 is 0 Å². The lowest BCUT2D eigenvalue weighted by Crippen LogP contribution is -2.26. The summed E-state index contributed by atoms with van der Waals surface area (Å²) in [5.74, 6) is -1.57. The van der Waals surface area contributed by atoms with Gasteiger partial charge in [0.15, 0.2) is 0 Å². The van der Waals surface area contributed by atoms with Crippen molar-refractivity contribution < 1.29 is 19.4 Å². The van der Waals surface area contributed by atoms with Gasteiger partial charge >= 0.3 is 11.8 Å². The first kappa shape index (κ1) is 16.1. The molecule has 1 saturated heterocycles. The fourth-order valence-electron chi connectivity index (χ4n) is 2.41. The van der Waals surface area contributed by atoms with Gasteiger partial charge in [-0.25, -0.2) is 0 Å². The highest BCUT2D eigenvalue weighted by atomic mass is 16.6. The van der Waals surface area contributed by atoms with E-state index in [2.05, 4.69) is 0 Å². The van der Waals surface area contributed by atoms with Crippen LogP contribution in [0.3, 0.4) is 0 Å². The smallest absolute Gasteiger partial charge is 0.285 e. The van der Waals surface area contributed by atoms with E-state index in [9.17, 15) is 29.8 Å². The Morgan fingerprint density at radius 2 is 1.00 bits per heavy atom. The van der Waals surface area contributed by atoms with Gasteiger partial charge in [0.25, 0.3) is 11.4 Å². The molecule has 0 atom stereocenters. The zero-order valence-corrected chi connectivity index (χ0v) is 12.6. The van der Waals surface area contributed by atoms with E-state index in [1.54, 1.807) is 0 Å². The average molecular weight is 342 g/mol. The van der Waals surface area contributed by atoms with Crippen LogP contribution in [0.5, 0.6) is 0 Å². The highest BCUT2D eigenvalue weighted by Gasteiger charge is 2.38. The molecule has 2 aromatic rings. The molecule has 10 nitrogen and oxygen atoms in total. The summed E-state index contributed by atoms with van der Waals surface area (Å²) in [5, 5.41) is 21.4. The lowest BCUT2D eigenvalue weighted by Gasteiger charge is -2.17. The van der Waals surface area contributed by atoms with Crippen LogP contribution in [0.1, 0.15) is 0 Å². The Morgan fingerprint density at radius 3 is 1.28 bits per heavy atom. The van der Waals surface area contributed by atoms with Crippen LogP contribution < -0.4 is 9.80 Å². The first-order chi connectivity index (χ1) is 11.9. The van der Waals surface area contributed by atoms with Crippen molar-refractivity contribution in [1.29, 1.82) is 0 Å². The number of nitro groups is 2. The molecule has 1 heterocycles. The highest BCUT2D eigenvalue weighted by molar-refractivity contribution is 6.47. The van der Waals surface area contributed by atoms with Gasteiger partial charge in [-0.1, -0.05) is 0 Å². The minimum Gasteiger partial charge on any atom is -0.285 e. The SMILES string of the molecule is O=C1C(=O)N(c2ccc([N+](=O)[O-])cc2)CN1c1ccc([N+](=O)[O-])cc1. The van der Waals surface area contributed by atoms with Gasteiger partial charge in [-0.15, -0.1) is 0 Å². The summed E-state index contributed by atoms with van der Waals surface area (Å²) in [6, 6.07) is 10.5. The van der Waals surface area contributed by atoms with Crippen LogP contribution in [0, 0.1) is 20.2 Å². The third kappa shape index (κ3) is 2.87. The summed E-state index contributed by atoms with van der Waals surface area (Å²) < 4.78 is 0. The summed E-state index contributed by atoms with van der Waals surface area (Å²) in [6.07, 6.45) is 0. The van der Waals surface area contributed by atoms with Gasteiger partial charge < -0.3 is 0 Å². The number of nitrogens with zero attached hydrogens (tertiary/aromatic N) is 4. The van der Waals surface area contributed by atoms with Gasteiger partial charge in [-0.2, -0.15) is 0 Å². The Bertz CT molecular complexity index is 804. The second-order valence-corrected chi connectivity index (χ2v) is 5.15. The number of benzene rings is 2. The molecule has 0 bridgehead atoms. The number of rotatable bonds is 4. The zero-order valence-electron chi connectivity index (χ0n) is 12.6. The lowest BCUT2D eigenvalue weighted by atomic mass is 10.2. The lowest BCUT2D eigenvalue weighted by molar-refractivity contribution is -0.385. The van der Waals surface area contributed by atoms with Gasteiger partial charge in [0.1, 0.15) is 6.67 Å². The van der Waals surface area contributed by atoms with Crippen LogP contribution in [0.15, 0.2) is 48.5 Å². The van der Waals surface area contributed by atoms with Gasteiger partial charge in [0.2, 0.25) is 0 Å². The maximum absolute atomic E-state index is 12.2. The maximum atomic E-state index is 12.2. The molecule has 2 amide bonds. The molecule has 2 aromatic carbocycles.